The predicted octanol–water partition coefficient (Wildman–Crippen LogP) is -1.07. The Balaban J connectivity index is 1.84. The van der Waals surface area contributed by atoms with Crippen LogP contribution in [-0.4, -0.2) is 74.4 Å². The standard InChI is InChI=1S/C22H37N5O6S/c1-21(2,3)16(26-34(6,32)33)20(31)27-10-12-14(22(12,4)5)15(27)19(30)25-13(17(23)28)9-11-7-8-24-18(11)29/h11-16,26H,7-10H2,1-6H3,(H2,23,28)(H,24,29)(H,25,30)/t11-,12-,13-,14-,15-,16+/m0/s1. The second kappa shape index (κ2) is 8.78. The number of rotatable bonds is 8. The minimum Gasteiger partial charge on any atom is -0.368 e. The lowest BCUT2D eigenvalue weighted by Gasteiger charge is -2.37. The van der Waals surface area contributed by atoms with E-state index in [1.54, 1.807) is 20.8 Å². The van der Waals surface area contributed by atoms with Gasteiger partial charge < -0.3 is 21.3 Å². The highest BCUT2D eigenvalue weighted by Gasteiger charge is 2.69. The van der Waals surface area contributed by atoms with Gasteiger partial charge in [0.15, 0.2) is 0 Å². The number of sulfonamides is 1. The fourth-order valence-corrected chi connectivity index (χ4v) is 6.33. The molecule has 0 unspecified atom stereocenters. The highest BCUT2D eigenvalue weighted by atomic mass is 32.2. The molecule has 0 bridgehead atoms. The largest absolute Gasteiger partial charge is 0.368 e. The summed E-state index contributed by atoms with van der Waals surface area (Å²) in [6, 6.07) is -2.97. The summed E-state index contributed by atoms with van der Waals surface area (Å²) >= 11 is 0. The molecule has 0 aromatic carbocycles. The number of amides is 4. The maximum absolute atomic E-state index is 13.6. The van der Waals surface area contributed by atoms with E-state index in [-0.39, 0.29) is 29.6 Å². The van der Waals surface area contributed by atoms with Crippen LogP contribution in [0.3, 0.4) is 0 Å². The SMILES string of the molecule is CC(C)(C)[C@H](NS(C)(=O)=O)C(=O)N1C[C@H]2[C@@H]([C@H]1C(=O)N[C@@H](C[C@@H]1CCNC1=O)C(N)=O)C2(C)C. The van der Waals surface area contributed by atoms with Gasteiger partial charge in [-0.2, -0.15) is 0 Å². The molecule has 12 heteroatoms. The molecule has 3 fully saturated rings. The third kappa shape index (κ3) is 5.22. The maximum Gasteiger partial charge on any atom is 0.243 e. The summed E-state index contributed by atoms with van der Waals surface area (Å²) < 4.78 is 26.4. The highest BCUT2D eigenvalue weighted by Crippen LogP contribution is 2.65. The number of hydrogen-bond acceptors (Lipinski definition) is 6. The van der Waals surface area contributed by atoms with Crippen molar-refractivity contribution < 1.29 is 27.6 Å². The molecule has 5 N–H and O–H groups in total. The fraction of sp³-hybridized carbons (Fsp3) is 0.818. The summed E-state index contributed by atoms with van der Waals surface area (Å²) in [7, 11) is -3.69. The van der Waals surface area contributed by atoms with Crippen molar-refractivity contribution in [2.45, 2.75) is 65.6 Å². The summed E-state index contributed by atoms with van der Waals surface area (Å²) in [6.07, 6.45) is 1.63. The minimum absolute atomic E-state index is 0.0821. The Morgan fingerprint density at radius 3 is 2.35 bits per heavy atom. The van der Waals surface area contributed by atoms with E-state index in [4.69, 9.17) is 5.73 Å². The van der Waals surface area contributed by atoms with Gasteiger partial charge in [0.05, 0.1) is 6.26 Å². The molecule has 2 saturated heterocycles. The topological polar surface area (TPSA) is 168 Å². The fourth-order valence-electron chi connectivity index (χ4n) is 5.45. The molecule has 4 amide bonds. The van der Waals surface area contributed by atoms with Crippen LogP contribution < -0.4 is 21.1 Å². The lowest BCUT2D eigenvalue weighted by Crippen LogP contribution is -2.60. The van der Waals surface area contributed by atoms with Gasteiger partial charge >= 0.3 is 0 Å². The van der Waals surface area contributed by atoms with Crippen molar-refractivity contribution in [3.05, 3.63) is 0 Å². The molecule has 1 aliphatic carbocycles. The smallest absolute Gasteiger partial charge is 0.243 e. The number of nitrogens with two attached hydrogens (primary N) is 1. The van der Waals surface area contributed by atoms with Gasteiger partial charge in [0.2, 0.25) is 33.7 Å². The van der Waals surface area contributed by atoms with Crippen LogP contribution in [0.2, 0.25) is 0 Å². The van der Waals surface area contributed by atoms with E-state index in [2.05, 4.69) is 15.4 Å². The van der Waals surface area contributed by atoms with Crippen LogP contribution in [-0.2, 0) is 29.2 Å². The number of piperidine rings is 1. The maximum atomic E-state index is 13.6. The van der Waals surface area contributed by atoms with Gasteiger partial charge in [-0.3, -0.25) is 19.2 Å². The van der Waals surface area contributed by atoms with Crippen LogP contribution in [0.4, 0.5) is 0 Å². The van der Waals surface area contributed by atoms with E-state index in [0.29, 0.717) is 19.5 Å². The first-order valence-electron chi connectivity index (χ1n) is 11.6. The Morgan fingerprint density at radius 2 is 1.88 bits per heavy atom. The molecule has 0 aromatic heterocycles. The number of hydrogen-bond donors (Lipinski definition) is 4. The average Bonchev–Trinajstić information content (AvgIpc) is 3.05. The molecule has 2 aliphatic heterocycles. The van der Waals surface area contributed by atoms with Crippen molar-refractivity contribution in [2.24, 2.45) is 34.3 Å². The van der Waals surface area contributed by atoms with Crippen LogP contribution in [0.5, 0.6) is 0 Å². The molecule has 11 nitrogen and oxygen atoms in total. The molecular weight excluding hydrogens is 462 g/mol. The Bertz CT molecular complexity index is 988. The predicted molar refractivity (Wildman–Crippen MR) is 124 cm³/mol. The van der Waals surface area contributed by atoms with Crippen molar-refractivity contribution in [1.29, 1.82) is 0 Å². The van der Waals surface area contributed by atoms with Crippen LogP contribution >= 0.6 is 0 Å². The first kappa shape index (κ1) is 26.4. The monoisotopic (exact) mass is 499 g/mol. The number of nitrogens with zero attached hydrogens (tertiary/aromatic N) is 1. The van der Waals surface area contributed by atoms with Gasteiger partial charge in [-0.1, -0.05) is 34.6 Å². The van der Waals surface area contributed by atoms with Crippen molar-refractivity contribution in [2.75, 3.05) is 19.3 Å². The number of carbonyl (C=O) groups is 4. The molecular formula is C22H37N5O6S. The van der Waals surface area contributed by atoms with Gasteiger partial charge in [0.1, 0.15) is 18.1 Å². The lowest BCUT2D eigenvalue weighted by atomic mass is 9.86. The van der Waals surface area contributed by atoms with E-state index < -0.39 is 57.2 Å². The summed E-state index contributed by atoms with van der Waals surface area (Å²) in [6.45, 7) is 10.1. The minimum atomic E-state index is -3.69. The zero-order valence-corrected chi connectivity index (χ0v) is 21.5. The van der Waals surface area contributed by atoms with E-state index in [9.17, 15) is 27.6 Å². The zero-order valence-electron chi connectivity index (χ0n) is 20.7. The Morgan fingerprint density at radius 1 is 1.26 bits per heavy atom. The Labute approximate surface area is 201 Å². The van der Waals surface area contributed by atoms with Gasteiger partial charge in [-0.05, 0) is 35.5 Å². The first-order chi connectivity index (χ1) is 15.4. The van der Waals surface area contributed by atoms with E-state index >= 15 is 0 Å². The number of likely N-dealkylation sites (tertiary alicyclic amines) is 1. The Kier molecular flexibility index (Phi) is 6.82. The number of carbonyl (C=O) groups excluding carboxylic acids is 4. The van der Waals surface area contributed by atoms with Crippen LogP contribution in [0.15, 0.2) is 0 Å². The molecule has 192 valence electrons. The molecule has 6 atom stereocenters. The quantitative estimate of drug-likeness (QED) is 0.332. The molecule has 34 heavy (non-hydrogen) atoms. The average molecular weight is 500 g/mol. The van der Waals surface area contributed by atoms with E-state index in [1.807, 2.05) is 13.8 Å². The number of primary amides is 1. The van der Waals surface area contributed by atoms with Gasteiger partial charge in [-0.15, -0.1) is 0 Å². The third-order valence-corrected chi connectivity index (χ3v) is 8.21. The lowest BCUT2D eigenvalue weighted by molar-refractivity contribution is -0.144. The van der Waals surface area contributed by atoms with Crippen molar-refractivity contribution in [3.63, 3.8) is 0 Å². The molecule has 1 saturated carbocycles. The van der Waals surface area contributed by atoms with Crippen molar-refractivity contribution >= 4 is 33.7 Å². The molecule has 0 radical (unpaired) electrons. The number of nitrogens with one attached hydrogen (secondary N) is 3. The van der Waals surface area contributed by atoms with Crippen LogP contribution in [0.25, 0.3) is 0 Å². The summed E-state index contributed by atoms with van der Waals surface area (Å²) in [4.78, 5) is 52.5. The van der Waals surface area contributed by atoms with Gasteiger partial charge in [0.25, 0.3) is 0 Å². The normalized spacial score (nSPS) is 29.7. The zero-order chi connectivity index (χ0) is 25.8. The van der Waals surface area contributed by atoms with E-state index in [0.717, 1.165) is 6.26 Å². The van der Waals surface area contributed by atoms with Gasteiger partial charge in [-0.25, -0.2) is 13.1 Å². The third-order valence-electron chi connectivity index (χ3n) is 7.55. The number of fused-ring (bicyclic) bond motifs is 1. The second-order valence-corrected chi connectivity index (χ2v) is 13.3. The second-order valence-electron chi connectivity index (χ2n) is 11.6. The first-order valence-corrected chi connectivity index (χ1v) is 13.5. The molecule has 3 aliphatic rings. The summed E-state index contributed by atoms with van der Waals surface area (Å²) in [5.41, 5.74) is 4.62. The van der Waals surface area contributed by atoms with Crippen molar-refractivity contribution in [1.82, 2.24) is 20.3 Å². The Hall–Kier alpha value is -2.21. The molecule has 3 rings (SSSR count). The van der Waals surface area contributed by atoms with Crippen LogP contribution in [0, 0.1) is 28.6 Å². The summed E-state index contributed by atoms with van der Waals surface area (Å²) in [5, 5.41) is 5.39. The van der Waals surface area contributed by atoms with Crippen LogP contribution in [0.1, 0.15) is 47.5 Å². The van der Waals surface area contributed by atoms with Gasteiger partial charge in [0, 0.05) is 19.0 Å². The molecule has 0 aromatic rings. The highest BCUT2D eigenvalue weighted by molar-refractivity contribution is 7.88. The van der Waals surface area contributed by atoms with E-state index in [1.165, 1.54) is 4.90 Å². The molecule has 2 heterocycles. The molecule has 0 spiro atoms. The van der Waals surface area contributed by atoms with Crippen molar-refractivity contribution in [3.8, 4) is 0 Å². The summed E-state index contributed by atoms with van der Waals surface area (Å²) in [5.74, 6) is -2.39.